The van der Waals surface area contributed by atoms with Crippen LogP contribution < -0.4 is 11.1 Å². The summed E-state index contributed by atoms with van der Waals surface area (Å²) >= 11 is 0. The second-order valence-electron chi connectivity index (χ2n) is 4.33. The van der Waals surface area contributed by atoms with Gasteiger partial charge in [0.05, 0.1) is 6.04 Å². The van der Waals surface area contributed by atoms with E-state index >= 15 is 0 Å². The molecule has 0 saturated heterocycles. The van der Waals surface area contributed by atoms with E-state index in [9.17, 15) is 0 Å². The molecule has 3 N–H and O–H groups in total. The fourth-order valence-electron chi connectivity index (χ4n) is 1.74. The molecule has 94 valence electrons. The number of rotatable bonds is 4. The van der Waals surface area contributed by atoms with Gasteiger partial charge in [-0.1, -0.05) is 24.3 Å². The summed E-state index contributed by atoms with van der Waals surface area (Å²) in [5, 5.41) is 3.28. The fourth-order valence-corrected chi connectivity index (χ4v) is 1.74. The molecule has 4 nitrogen and oxygen atoms in total. The molecule has 2 rings (SSSR count). The summed E-state index contributed by atoms with van der Waals surface area (Å²) in [6.45, 7) is 4.61. The predicted molar refractivity (Wildman–Crippen MR) is 73.1 cm³/mol. The van der Waals surface area contributed by atoms with Crippen molar-refractivity contribution in [2.24, 2.45) is 5.73 Å². The summed E-state index contributed by atoms with van der Waals surface area (Å²) in [7, 11) is 0. The van der Waals surface area contributed by atoms with Crippen molar-refractivity contribution in [2.45, 2.75) is 26.4 Å². The molecular formula is C14H18N4. The summed E-state index contributed by atoms with van der Waals surface area (Å²) in [5.74, 6) is 0.658. The van der Waals surface area contributed by atoms with Crippen molar-refractivity contribution in [1.29, 1.82) is 0 Å². The lowest BCUT2D eigenvalue weighted by molar-refractivity contribution is 0.855. The number of benzene rings is 1. The van der Waals surface area contributed by atoms with E-state index in [1.165, 1.54) is 5.56 Å². The largest absolute Gasteiger partial charge is 0.348 e. The molecule has 0 aliphatic heterocycles. The van der Waals surface area contributed by atoms with E-state index in [4.69, 9.17) is 5.73 Å². The third kappa shape index (κ3) is 3.05. The first-order valence-electron chi connectivity index (χ1n) is 6.04. The predicted octanol–water partition coefficient (Wildman–Crippen LogP) is 2.42. The molecule has 0 spiro atoms. The lowest BCUT2D eigenvalue weighted by Crippen LogP contribution is -2.10. The maximum Gasteiger partial charge on any atom is 0.223 e. The van der Waals surface area contributed by atoms with Crippen molar-refractivity contribution in [3.8, 4) is 0 Å². The Morgan fingerprint density at radius 3 is 2.56 bits per heavy atom. The summed E-state index contributed by atoms with van der Waals surface area (Å²) in [6, 6.07) is 10.3. The van der Waals surface area contributed by atoms with Crippen LogP contribution >= 0.6 is 0 Å². The number of aromatic nitrogens is 2. The molecule has 0 fully saturated rings. The van der Waals surface area contributed by atoms with Crippen LogP contribution in [0.5, 0.6) is 0 Å². The number of aryl methyl sites for hydroxylation is 1. The molecule has 2 aromatic rings. The molecule has 1 unspecified atom stereocenters. The highest BCUT2D eigenvalue weighted by atomic mass is 15.1. The van der Waals surface area contributed by atoms with Gasteiger partial charge in [0, 0.05) is 18.4 Å². The van der Waals surface area contributed by atoms with E-state index in [-0.39, 0.29) is 6.04 Å². The van der Waals surface area contributed by atoms with Crippen molar-refractivity contribution < 1.29 is 0 Å². The van der Waals surface area contributed by atoms with Gasteiger partial charge in [0.15, 0.2) is 0 Å². The quantitative estimate of drug-likeness (QED) is 0.864. The van der Waals surface area contributed by atoms with Crippen molar-refractivity contribution >= 4 is 5.95 Å². The molecule has 0 saturated carbocycles. The minimum atomic E-state index is 0.165. The number of hydrogen-bond donors (Lipinski definition) is 2. The van der Waals surface area contributed by atoms with Gasteiger partial charge in [0.1, 0.15) is 0 Å². The van der Waals surface area contributed by atoms with E-state index in [1.54, 1.807) is 6.20 Å². The van der Waals surface area contributed by atoms with Crippen LogP contribution in [0.15, 0.2) is 36.5 Å². The summed E-state index contributed by atoms with van der Waals surface area (Å²) in [4.78, 5) is 8.53. The van der Waals surface area contributed by atoms with E-state index in [0.29, 0.717) is 12.5 Å². The lowest BCUT2D eigenvalue weighted by Gasteiger charge is -2.14. The maximum absolute atomic E-state index is 5.58. The zero-order valence-corrected chi connectivity index (χ0v) is 10.7. The van der Waals surface area contributed by atoms with E-state index in [2.05, 4.69) is 34.3 Å². The molecule has 0 bridgehead atoms. The molecule has 1 atom stereocenters. The Balaban J connectivity index is 2.09. The number of nitrogens with two attached hydrogens (primary N) is 1. The monoisotopic (exact) mass is 242 g/mol. The zero-order valence-electron chi connectivity index (χ0n) is 10.7. The third-order valence-electron chi connectivity index (χ3n) is 2.86. The molecule has 1 aromatic heterocycles. The van der Waals surface area contributed by atoms with Crippen LogP contribution in [-0.2, 0) is 6.54 Å². The SMILES string of the molecule is Cc1ccnc(NC(C)c2ccc(CN)cc2)n1. The Bertz CT molecular complexity index is 507. The van der Waals surface area contributed by atoms with Gasteiger partial charge in [-0.25, -0.2) is 9.97 Å². The molecular weight excluding hydrogens is 224 g/mol. The van der Waals surface area contributed by atoms with Crippen LogP contribution in [0.3, 0.4) is 0 Å². The average Bonchev–Trinajstić information content (AvgIpc) is 2.39. The van der Waals surface area contributed by atoms with E-state index in [0.717, 1.165) is 11.3 Å². The van der Waals surface area contributed by atoms with Gasteiger partial charge in [-0.2, -0.15) is 0 Å². The highest BCUT2D eigenvalue weighted by molar-refractivity contribution is 5.33. The molecule has 4 heteroatoms. The van der Waals surface area contributed by atoms with Gasteiger partial charge in [-0.15, -0.1) is 0 Å². The standard InChI is InChI=1S/C14H18N4/c1-10-7-8-16-14(17-10)18-11(2)13-5-3-12(9-15)4-6-13/h3-8,11H,9,15H2,1-2H3,(H,16,17,18). The summed E-state index contributed by atoms with van der Waals surface area (Å²) in [6.07, 6.45) is 1.76. The first kappa shape index (κ1) is 12.5. The molecule has 0 amide bonds. The normalized spacial score (nSPS) is 12.2. The minimum absolute atomic E-state index is 0.165. The molecule has 1 aromatic carbocycles. The number of nitrogens with zero attached hydrogens (tertiary/aromatic N) is 2. The van der Waals surface area contributed by atoms with Crippen molar-refractivity contribution in [2.75, 3.05) is 5.32 Å². The maximum atomic E-state index is 5.58. The molecule has 0 aliphatic rings. The van der Waals surface area contributed by atoms with Crippen molar-refractivity contribution in [3.05, 3.63) is 53.3 Å². The van der Waals surface area contributed by atoms with Crippen molar-refractivity contribution in [1.82, 2.24) is 9.97 Å². The lowest BCUT2D eigenvalue weighted by atomic mass is 10.1. The van der Waals surface area contributed by atoms with E-state index in [1.807, 2.05) is 25.1 Å². The van der Waals surface area contributed by atoms with Gasteiger partial charge in [-0.05, 0) is 31.0 Å². The van der Waals surface area contributed by atoms with Crippen LogP contribution in [0.25, 0.3) is 0 Å². The first-order chi connectivity index (χ1) is 8.69. The Morgan fingerprint density at radius 2 is 1.94 bits per heavy atom. The van der Waals surface area contributed by atoms with Crippen LogP contribution in [0.4, 0.5) is 5.95 Å². The van der Waals surface area contributed by atoms with Gasteiger partial charge in [0.25, 0.3) is 0 Å². The topological polar surface area (TPSA) is 63.8 Å². The molecule has 18 heavy (non-hydrogen) atoms. The highest BCUT2D eigenvalue weighted by Gasteiger charge is 2.06. The first-order valence-corrected chi connectivity index (χ1v) is 6.04. The van der Waals surface area contributed by atoms with Crippen LogP contribution in [0, 0.1) is 6.92 Å². The van der Waals surface area contributed by atoms with E-state index < -0.39 is 0 Å². The minimum Gasteiger partial charge on any atom is -0.348 e. The average molecular weight is 242 g/mol. The van der Waals surface area contributed by atoms with Gasteiger partial charge in [-0.3, -0.25) is 0 Å². The highest BCUT2D eigenvalue weighted by Crippen LogP contribution is 2.17. The van der Waals surface area contributed by atoms with Crippen LogP contribution in [0.1, 0.15) is 29.8 Å². The van der Waals surface area contributed by atoms with Gasteiger partial charge >= 0.3 is 0 Å². The van der Waals surface area contributed by atoms with Gasteiger partial charge in [0.2, 0.25) is 5.95 Å². The Kier molecular flexibility index (Phi) is 3.89. The summed E-state index contributed by atoms with van der Waals surface area (Å²) < 4.78 is 0. The number of anilines is 1. The van der Waals surface area contributed by atoms with Crippen LogP contribution in [-0.4, -0.2) is 9.97 Å². The molecule has 1 heterocycles. The number of hydrogen-bond acceptors (Lipinski definition) is 4. The third-order valence-corrected chi connectivity index (χ3v) is 2.86. The second-order valence-corrected chi connectivity index (χ2v) is 4.33. The summed E-state index contributed by atoms with van der Waals surface area (Å²) in [5.41, 5.74) is 8.87. The fraction of sp³-hybridized carbons (Fsp3) is 0.286. The van der Waals surface area contributed by atoms with Crippen LogP contribution in [0.2, 0.25) is 0 Å². The number of nitrogens with one attached hydrogen (secondary N) is 1. The Labute approximate surface area is 107 Å². The Hall–Kier alpha value is -1.94. The van der Waals surface area contributed by atoms with Gasteiger partial charge < -0.3 is 11.1 Å². The Morgan fingerprint density at radius 1 is 1.22 bits per heavy atom. The smallest absolute Gasteiger partial charge is 0.223 e. The molecule has 0 radical (unpaired) electrons. The zero-order chi connectivity index (χ0) is 13.0. The van der Waals surface area contributed by atoms with Crippen molar-refractivity contribution in [3.63, 3.8) is 0 Å². The molecule has 0 aliphatic carbocycles. The second kappa shape index (κ2) is 5.60.